The van der Waals surface area contributed by atoms with Gasteiger partial charge in [-0.15, -0.1) is 0 Å². The number of methoxy groups -OCH3 is 6. The molecule has 2 heterocycles. The highest BCUT2D eigenvalue weighted by atomic mass is 19.2. The highest BCUT2D eigenvalue weighted by molar-refractivity contribution is 5.37. The number of aromatic nitrogens is 2. The van der Waals surface area contributed by atoms with Crippen LogP contribution in [0.4, 0.5) is 30.7 Å². The average Bonchev–Trinajstić information content (AvgIpc) is 0.854. The van der Waals surface area contributed by atoms with E-state index >= 15 is 0 Å². The molecule has 600 valence electrons. The predicted molar refractivity (Wildman–Crippen MR) is 448 cm³/mol. The van der Waals surface area contributed by atoms with Crippen LogP contribution in [0.3, 0.4) is 0 Å². The Labute approximate surface area is 678 Å². The van der Waals surface area contributed by atoms with Gasteiger partial charge in [0.2, 0.25) is 0 Å². The van der Waals surface area contributed by atoms with Gasteiger partial charge in [-0.25, -0.2) is 30.7 Å². The van der Waals surface area contributed by atoms with Gasteiger partial charge in [0.25, 0.3) is 0 Å². The lowest BCUT2D eigenvalue weighted by molar-refractivity contribution is 0.0616. The van der Waals surface area contributed by atoms with Crippen LogP contribution < -0.4 is 23.7 Å². The largest absolute Gasteiger partial charge is 0.497 e. The molecule has 0 saturated carbocycles. The van der Waals surface area contributed by atoms with Gasteiger partial charge < -0.3 is 33.2 Å². The zero-order valence-corrected chi connectivity index (χ0v) is 66.2. The molecule has 19 heteroatoms. The van der Waals surface area contributed by atoms with Crippen LogP contribution in [0.5, 0.6) is 28.7 Å². The van der Waals surface area contributed by atoms with Gasteiger partial charge in [0.1, 0.15) is 46.2 Å². The molecule has 0 atom stereocenters. The molecule has 0 spiro atoms. The molecule has 0 aliphatic carbocycles. The van der Waals surface area contributed by atoms with E-state index in [0.29, 0.717) is 36.5 Å². The van der Waals surface area contributed by atoms with E-state index in [0.717, 1.165) is 34.8 Å². The molecule has 0 saturated heterocycles. The summed E-state index contributed by atoms with van der Waals surface area (Å²) in [7, 11) is 9.94. The van der Waals surface area contributed by atoms with Crippen LogP contribution in [-0.4, -0.2) is 65.8 Å². The van der Waals surface area contributed by atoms with Crippen LogP contribution in [-0.2, 0) is 16.1 Å². The first-order valence-electron chi connectivity index (χ1n) is 35.4. The molecule has 0 aliphatic rings. The average molecular weight is 1580 g/mol. The van der Waals surface area contributed by atoms with Gasteiger partial charge in [-0.1, -0.05) is 211 Å². The molecule has 0 amide bonds. The molecule has 2 aromatic heterocycles. The molecule has 0 unspecified atom stereocenters. The number of nitriles is 3. The fourth-order valence-electron chi connectivity index (χ4n) is 7.59. The van der Waals surface area contributed by atoms with E-state index in [9.17, 15) is 30.7 Å². The van der Waals surface area contributed by atoms with Gasteiger partial charge in [0.15, 0.2) is 23.3 Å². The maximum Gasteiger partial charge on any atom is 0.161 e. The third-order valence-corrected chi connectivity index (χ3v) is 13.6. The zero-order valence-electron chi connectivity index (χ0n) is 66.2. The predicted octanol–water partition coefficient (Wildman–Crippen LogP) is 24.1. The Bertz CT molecular complexity index is 4370. The summed E-state index contributed by atoms with van der Waals surface area (Å²) < 4.78 is 119. The quantitative estimate of drug-likeness (QED) is 0.0725. The number of rotatable bonds is 10. The van der Waals surface area contributed by atoms with Crippen LogP contribution in [0, 0.1) is 95.5 Å². The van der Waals surface area contributed by atoms with E-state index in [4.69, 9.17) is 48.9 Å². The number of pyridine rings is 2. The standard InChI is InChI=1S/C10H14O2.C8H4N2.C8H10O2.C8H10.C7H5N.3C7H8O.C7H8.C6H2F4.C6H4F2.C6H5F.2C5H5N/c1-11-7-8-12-9-10-5-3-2-4-6-10;9-5-7-1-2-8(6-10)4-3-7;1-9-7-3-5-8(10-2)6-4-7;1-7-3-5-8(2)6-4-7;8-6-7-4-2-1-3-5-7;3*1-8-7-5-3-2-4-6-7;1-7-5-3-2-4-6-7;7-3-1-4(8)6(10)2-5(3)9;7-5-2-1-3-6(8)4-5;7-6-4-2-1-3-5-6;2*1-2-4-6-5-3-1/h2-6H,7-9H2,1H3;1-4H;3-6H,1-2H3;3-6H,1-2H3;1-5H;3*2-6H,1H3;2-6H,1H3;1-2H;1-4H;1-5H;2*1-5H. The Kier molecular flexibility index (Phi) is 59.3. The summed E-state index contributed by atoms with van der Waals surface area (Å²) >= 11 is 0. The summed E-state index contributed by atoms with van der Waals surface area (Å²) in [6.07, 6.45) is 7.00. The van der Waals surface area contributed by atoms with Crippen molar-refractivity contribution in [3.63, 3.8) is 0 Å². The van der Waals surface area contributed by atoms with E-state index in [-0.39, 0.29) is 17.9 Å². The van der Waals surface area contributed by atoms with Crippen LogP contribution in [0.1, 0.15) is 38.9 Å². The fourth-order valence-corrected chi connectivity index (χ4v) is 7.59. The second-order valence-electron chi connectivity index (χ2n) is 22.5. The van der Waals surface area contributed by atoms with Crippen LogP contribution in [0.2, 0.25) is 0 Å². The summed E-state index contributed by atoms with van der Waals surface area (Å²) in [6, 6.07) is 111. The molecule has 0 N–H and O–H groups in total. The van der Waals surface area contributed by atoms with E-state index in [1.807, 2.05) is 237 Å². The molecule has 0 radical (unpaired) electrons. The summed E-state index contributed by atoms with van der Waals surface area (Å²) in [5.41, 5.74) is 7.06. The van der Waals surface area contributed by atoms with Crippen molar-refractivity contribution in [3.8, 4) is 47.0 Å². The number of hydrogen-bond donors (Lipinski definition) is 0. The maximum atomic E-state index is 12.0. The van der Waals surface area contributed by atoms with Gasteiger partial charge in [-0.05, 0) is 172 Å². The molecule has 0 fully saturated rings. The minimum Gasteiger partial charge on any atom is -0.497 e. The monoisotopic (exact) mass is 1580 g/mol. The van der Waals surface area contributed by atoms with Crippen molar-refractivity contribution in [2.24, 2.45) is 0 Å². The smallest absolute Gasteiger partial charge is 0.161 e. The number of ether oxygens (including phenoxy) is 7. The number of benzene rings is 12. The van der Waals surface area contributed by atoms with E-state index in [1.165, 1.54) is 52.6 Å². The first kappa shape index (κ1) is 99.8. The lowest BCUT2D eigenvalue weighted by atomic mass is 10.2. The Hall–Kier alpha value is -14.2. The Morgan fingerprint density at radius 2 is 0.517 bits per heavy atom. The van der Waals surface area contributed by atoms with Gasteiger partial charge in [0, 0.05) is 50.1 Å². The van der Waals surface area contributed by atoms with Crippen molar-refractivity contribution in [3.05, 3.63) is 462 Å². The van der Waals surface area contributed by atoms with Crippen molar-refractivity contribution >= 4 is 0 Å². The van der Waals surface area contributed by atoms with Crippen molar-refractivity contribution in [2.75, 3.05) is 55.9 Å². The van der Waals surface area contributed by atoms with E-state index in [2.05, 4.69) is 67.1 Å². The van der Waals surface area contributed by atoms with Crippen molar-refractivity contribution in [1.82, 2.24) is 9.97 Å². The first-order valence-corrected chi connectivity index (χ1v) is 35.4. The van der Waals surface area contributed by atoms with Crippen LogP contribution in [0.25, 0.3) is 0 Å². The number of halogens is 7. The third kappa shape index (κ3) is 56.1. The van der Waals surface area contributed by atoms with Crippen molar-refractivity contribution in [2.45, 2.75) is 27.4 Å². The number of para-hydroxylation sites is 3. The number of aryl methyl sites for hydroxylation is 3. The SMILES string of the molecule is COCCOCc1ccccc1.COc1ccc(OC)cc1.COc1ccccc1.COc1ccccc1.COc1ccccc1.Cc1ccc(C)cc1.Cc1ccccc1.Fc1cc(F)c(F)cc1F.Fc1cccc(F)c1.Fc1ccccc1.N#Cc1ccc(C#N)cc1.N#Cc1ccccc1.c1ccncc1.c1ccncc1. The molecule has 14 rings (SSSR count). The second-order valence-corrected chi connectivity index (χ2v) is 22.5. The molecule has 116 heavy (non-hydrogen) atoms. The van der Waals surface area contributed by atoms with Crippen molar-refractivity contribution in [1.29, 1.82) is 15.8 Å². The number of nitrogens with zero attached hydrogens (tertiary/aromatic N) is 5. The Morgan fingerprint density at radius 3 is 0.733 bits per heavy atom. The molecule has 0 aliphatic heterocycles. The lowest BCUT2D eigenvalue weighted by Gasteiger charge is -2.02. The number of hydrogen-bond acceptors (Lipinski definition) is 12. The summed E-state index contributed by atoms with van der Waals surface area (Å²) in [6.45, 7) is 8.27. The molecule has 0 bridgehead atoms. The highest BCUT2D eigenvalue weighted by Crippen LogP contribution is 2.17. The maximum absolute atomic E-state index is 12.0. The Balaban J connectivity index is 0.000000627. The molecule has 12 nitrogen and oxygen atoms in total. The minimum absolute atomic E-state index is 0.157. The Morgan fingerprint density at radius 1 is 0.259 bits per heavy atom. The first-order chi connectivity index (χ1) is 56.4. The zero-order chi connectivity index (χ0) is 85.1. The minimum atomic E-state index is -1.39. The molecule has 12 aromatic carbocycles. The van der Waals surface area contributed by atoms with E-state index < -0.39 is 34.9 Å². The topological polar surface area (TPSA) is 162 Å². The summed E-state index contributed by atoms with van der Waals surface area (Å²) in [4.78, 5) is 7.57. The third-order valence-electron chi connectivity index (χ3n) is 13.6. The van der Waals surface area contributed by atoms with Crippen LogP contribution in [0.15, 0.2) is 383 Å². The lowest BCUT2D eigenvalue weighted by Crippen LogP contribution is -2.01. The molecular weight excluding hydrogens is 1480 g/mol. The summed E-state index contributed by atoms with van der Waals surface area (Å²) in [5, 5.41) is 25.0. The van der Waals surface area contributed by atoms with Crippen molar-refractivity contribution < 1.29 is 63.9 Å². The van der Waals surface area contributed by atoms with Gasteiger partial charge in [0.05, 0.1) is 90.3 Å². The summed E-state index contributed by atoms with van der Waals surface area (Å²) in [5.74, 6) is -2.39. The second kappa shape index (κ2) is 68.8. The fraction of sp³-hybridized carbons (Fsp3) is 0.124. The molecule has 14 aromatic rings. The van der Waals surface area contributed by atoms with Crippen LogP contribution >= 0.6 is 0 Å². The molecular formula is C97H96F7N5O7. The van der Waals surface area contributed by atoms with E-state index in [1.54, 1.807) is 122 Å². The van der Waals surface area contributed by atoms with Gasteiger partial charge in [-0.3, -0.25) is 9.97 Å². The van der Waals surface area contributed by atoms with Gasteiger partial charge in [-0.2, -0.15) is 15.8 Å². The normalized spacial score (nSPS) is 8.84. The highest BCUT2D eigenvalue weighted by Gasteiger charge is 2.08. The van der Waals surface area contributed by atoms with Gasteiger partial charge >= 0.3 is 0 Å².